The number of aliphatic hydroxyl groups excluding tert-OH is 1. The first kappa shape index (κ1) is 29.0. The molecule has 11 heteroatoms. The molecule has 2 amide bonds. The number of carbonyl (C=O) groups is 2. The first-order valence-electron chi connectivity index (χ1n) is 14.6. The summed E-state index contributed by atoms with van der Waals surface area (Å²) in [6.07, 6.45) is 3.86. The number of aliphatic hydroxyl groups is 2. The summed E-state index contributed by atoms with van der Waals surface area (Å²) in [5.74, 6) is -0.654. The van der Waals surface area contributed by atoms with E-state index >= 15 is 0 Å². The molecule has 1 aromatic heterocycles. The maximum absolute atomic E-state index is 14.4. The van der Waals surface area contributed by atoms with Gasteiger partial charge in [-0.25, -0.2) is 0 Å². The van der Waals surface area contributed by atoms with Crippen LogP contribution in [0.15, 0.2) is 61.3 Å². The number of rotatable bonds is 9. The van der Waals surface area contributed by atoms with Crippen LogP contribution < -0.4 is 14.5 Å². The second-order valence-corrected chi connectivity index (χ2v) is 12.0. The Kier molecular flexibility index (Phi) is 7.35. The van der Waals surface area contributed by atoms with Crippen LogP contribution in [0.5, 0.6) is 5.75 Å². The minimum absolute atomic E-state index is 0.0163. The van der Waals surface area contributed by atoms with Gasteiger partial charge in [0.15, 0.2) is 12.2 Å². The molecule has 0 saturated carbocycles. The molecule has 4 atom stereocenters. The molecule has 3 aromatic rings. The van der Waals surface area contributed by atoms with Crippen LogP contribution in [0.25, 0.3) is 0 Å². The Morgan fingerprint density at radius 2 is 1.98 bits per heavy atom. The number of aryl methyl sites for hydroxylation is 1. The van der Waals surface area contributed by atoms with E-state index in [-0.39, 0.29) is 31.6 Å². The van der Waals surface area contributed by atoms with Gasteiger partial charge in [0.25, 0.3) is 11.8 Å². The number of hydrogen-bond acceptors (Lipinski definition) is 8. The van der Waals surface area contributed by atoms with Crippen molar-refractivity contribution in [3.63, 3.8) is 0 Å². The minimum atomic E-state index is -1.39. The van der Waals surface area contributed by atoms with Gasteiger partial charge < -0.3 is 24.6 Å². The number of para-hydroxylation sites is 2. The fraction of sp³-hybridized carbons (Fsp3) is 0.438. The molecule has 3 aliphatic rings. The number of fused-ring (bicyclic) bond motifs is 3. The fourth-order valence-electron chi connectivity index (χ4n) is 7.11. The van der Waals surface area contributed by atoms with Gasteiger partial charge in [-0.2, -0.15) is 0 Å². The molecule has 2 N–H and O–H groups in total. The summed E-state index contributed by atoms with van der Waals surface area (Å²) >= 11 is 0. The van der Waals surface area contributed by atoms with E-state index in [9.17, 15) is 19.8 Å². The molecule has 1 saturated heterocycles. The van der Waals surface area contributed by atoms with E-state index < -0.39 is 29.1 Å². The minimum Gasteiger partial charge on any atom is -0.482 e. The highest BCUT2D eigenvalue weighted by Gasteiger charge is 2.65. The van der Waals surface area contributed by atoms with E-state index in [0.29, 0.717) is 53.5 Å². The highest BCUT2D eigenvalue weighted by atomic mass is 16.5. The van der Waals surface area contributed by atoms with E-state index in [0.717, 1.165) is 0 Å². The Hall–Kier alpha value is -4.06. The quantitative estimate of drug-likeness (QED) is 0.366. The summed E-state index contributed by atoms with van der Waals surface area (Å²) in [5, 5.41) is 28.9. The Morgan fingerprint density at radius 3 is 2.72 bits per heavy atom. The summed E-state index contributed by atoms with van der Waals surface area (Å²) in [5.41, 5.74) is 0.708. The molecule has 0 bridgehead atoms. The van der Waals surface area contributed by atoms with Crippen molar-refractivity contribution in [3.8, 4) is 5.75 Å². The molecule has 4 heterocycles. The molecule has 0 aliphatic carbocycles. The van der Waals surface area contributed by atoms with Gasteiger partial charge in [0, 0.05) is 55.4 Å². The average Bonchev–Trinajstić information content (AvgIpc) is 3.62. The smallest absolute Gasteiger partial charge is 0.269 e. The van der Waals surface area contributed by atoms with Gasteiger partial charge in [0.05, 0.1) is 28.8 Å². The van der Waals surface area contributed by atoms with Crippen molar-refractivity contribution in [1.82, 2.24) is 15.0 Å². The van der Waals surface area contributed by atoms with Gasteiger partial charge in [-0.15, -0.1) is 11.7 Å². The van der Waals surface area contributed by atoms with E-state index in [1.54, 1.807) is 40.6 Å². The third-order valence-electron chi connectivity index (χ3n) is 8.84. The Bertz CT molecular complexity index is 1560. The molecule has 226 valence electrons. The van der Waals surface area contributed by atoms with Gasteiger partial charge in [-0.05, 0) is 50.6 Å². The Morgan fingerprint density at radius 1 is 1.19 bits per heavy atom. The highest BCUT2D eigenvalue weighted by molar-refractivity contribution is 6.10. The Labute approximate surface area is 250 Å². The van der Waals surface area contributed by atoms with Crippen molar-refractivity contribution < 1.29 is 29.3 Å². The zero-order valence-corrected chi connectivity index (χ0v) is 24.6. The second kappa shape index (κ2) is 10.9. The van der Waals surface area contributed by atoms with E-state index in [1.807, 2.05) is 49.4 Å². The maximum atomic E-state index is 14.4. The summed E-state index contributed by atoms with van der Waals surface area (Å²) in [4.78, 5) is 30.9. The second-order valence-electron chi connectivity index (χ2n) is 12.0. The summed E-state index contributed by atoms with van der Waals surface area (Å²) in [6.45, 7) is 9.95. The SMILES string of the molecule is C=CCN1C(=O)[C@]2(O[C@H](CCn3cc(CCO)nn3)[C@@H](C(C)(C)O)[C@@H]2C)c2cc(N3C(=O)COc4ccccc43)ccc21. The number of ether oxygens (including phenoxy) is 2. The van der Waals surface area contributed by atoms with E-state index in [2.05, 4.69) is 16.9 Å². The summed E-state index contributed by atoms with van der Waals surface area (Å²) < 4.78 is 14.2. The average molecular weight is 588 g/mol. The number of benzene rings is 2. The van der Waals surface area contributed by atoms with Crippen molar-refractivity contribution in [3.05, 3.63) is 72.6 Å². The van der Waals surface area contributed by atoms with Gasteiger partial charge in [0.1, 0.15) is 5.75 Å². The van der Waals surface area contributed by atoms with Gasteiger partial charge in [-0.1, -0.05) is 30.3 Å². The lowest BCUT2D eigenvalue weighted by Crippen LogP contribution is -2.46. The molecule has 2 aromatic carbocycles. The standard InChI is InChI=1S/C32H37N5O6/c1-5-14-36-24-11-10-22(37-25-8-6-7-9-26(25)42-19-28(37)39)17-23(24)32(30(36)40)20(2)29(31(3,4)41)27(43-32)12-15-35-18-21(13-16-38)33-34-35/h5-11,17-18,20,27,29,38,41H,1,12-16,19H2,2-4H3/t20-,27+,29-,32+/m0/s1. The molecule has 3 aliphatic heterocycles. The van der Waals surface area contributed by atoms with Crippen LogP contribution in [0.4, 0.5) is 17.1 Å². The van der Waals surface area contributed by atoms with Crippen LogP contribution in [-0.4, -0.2) is 68.5 Å². The van der Waals surface area contributed by atoms with Crippen LogP contribution in [0, 0.1) is 11.8 Å². The fourth-order valence-corrected chi connectivity index (χ4v) is 7.11. The molecule has 11 nitrogen and oxygen atoms in total. The lowest BCUT2D eigenvalue weighted by Gasteiger charge is -2.34. The van der Waals surface area contributed by atoms with Gasteiger partial charge in [0.2, 0.25) is 0 Å². The molecule has 6 rings (SSSR count). The summed E-state index contributed by atoms with van der Waals surface area (Å²) in [6, 6.07) is 12.9. The predicted molar refractivity (Wildman–Crippen MR) is 159 cm³/mol. The van der Waals surface area contributed by atoms with Crippen molar-refractivity contribution in [1.29, 1.82) is 0 Å². The molecule has 0 unspecified atom stereocenters. The molecular formula is C32H37N5O6. The van der Waals surface area contributed by atoms with Gasteiger partial charge >= 0.3 is 0 Å². The number of hydrogen-bond donors (Lipinski definition) is 2. The highest BCUT2D eigenvalue weighted by Crippen LogP contribution is 2.58. The molecule has 0 radical (unpaired) electrons. The third kappa shape index (κ3) is 4.72. The number of anilines is 3. The lowest BCUT2D eigenvalue weighted by atomic mass is 9.70. The lowest BCUT2D eigenvalue weighted by molar-refractivity contribution is -0.146. The summed E-state index contributed by atoms with van der Waals surface area (Å²) in [7, 11) is 0. The first-order valence-corrected chi connectivity index (χ1v) is 14.6. The number of amides is 2. The van der Waals surface area contributed by atoms with Crippen molar-refractivity contribution in [2.45, 2.75) is 57.5 Å². The number of nitrogens with zero attached hydrogens (tertiary/aromatic N) is 5. The first-order chi connectivity index (χ1) is 20.6. The van der Waals surface area contributed by atoms with Crippen LogP contribution >= 0.6 is 0 Å². The topological polar surface area (TPSA) is 130 Å². The third-order valence-corrected chi connectivity index (χ3v) is 8.84. The predicted octanol–water partition coefficient (Wildman–Crippen LogP) is 3.11. The maximum Gasteiger partial charge on any atom is 0.269 e. The van der Waals surface area contributed by atoms with E-state index in [1.165, 1.54) is 0 Å². The van der Waals surface area contributed by atoms with E-state index in [4.69, 9.17) is 9.47 Å². The van der Waals surface area contributed by atoms with Crippen LogP contribution in [0.1, 0.15) is 38.4 Å². The monoisotopic (exact) mass is 587 g/mol. The molecule has 1 fully saturated rings. The van der Waals surface area contributed by atoms with Gasteiger partial charge in [-0.3, -0.25) is 19.2 Å². The Balaban J connectivity index is 1.42. The van der Waals surface area contributed by atoms with Crippen LogP contribution in [-0.2, 0) is 32.9 Å². The van der Waals surface area contributed by atoms with Crippen LogP contribution in [0.3, 0.4) is 0 Å². The zero-order chi connectivity index (χ0) is 30.5. The van der Waals surface area contributed by atoms with Crippen molar-refractivity contribution in [2.24, 2.45) is 11.8 Å². The van der Waals surface area contributed by atoms with Crippen LogP contribution in [0.2, 0.25) is 0 Å². The molecule has 43 heavy (non-hydrogen) atoms. The normalized spacial score (nSPS) is 24.8. The largest absolute Gasteiger partial charge is 0.482 e. The number of carbonyl (C=O) groups excluding carboxylic acids is 2. The van der Waals surface area contributed by atoms with Crippen molar-refractivity contribution >= 4 is 28.9 Å². The number of aromatic nitrogens is 3. The zero-order valence-electron chi connectivity index (χ0n) is 24.6. The molecular weight excluding hydrogens is 550 g/mol. The molecule has 1 spiro atoms. The van der Waals surface area contributed by atoms with Crippen molar-refractivity contribution in [2.75, 3.05) is 29.6 Å².